The minimum Gasteiger partial charge on any atom is -0.295 e. The lowest BCUT2D eigenvalue weighted by molar-refractivity contribution is 0.101. The quantitative estimate of drug-likeness (QED) is 0.458. The fourth-order valence-corrected chi connectivity index (χ4v) is 1.64. The molecule has 0 aromatic heterocycles. The summed E-state index contributed by atoms with van der Waals surface area (Å²) in [6.07, 6.45) is 6.97. The Hall–Kier alpha value is -2.73. The van der Waals surface area contributed by atoms with Crippen molar-refractivity contribution in [3.63, 3.8) is 0 Å². The van der Waals surface area contributed by atoms with Crippen LogP contribution in [0.4, 0.5) is 0 Å². The lowest BCUT2D eigenvalue weighted by atomic mass is 10.0. The van der Waals surface area contributed by atoms with E-state index >= 15 is 0 Å². The monoisotopic (exact) mass is 306 g/mol. The number of nitrogens with zero attached hydrogens (tertiary/aromatic N) is 2. The first-order valence-electron chi connectivity index (χ1n) is 7.43. The molecule has 1 aromatic rings. The Bertz CT molecular complexity index is 754. The fourth-order valence-electron chi connectivity index (χ4n) is 1.64. The van der Waals surface area contributed by atoms with Gasteiger partial charge in [0.2, 0.25) is 0 Å². The smallest absolute Gasteiger partial charge is 0.159 e. The first-order valence-corrected chi connectivity index (χ1v) is 7.43. The zero-order valence-electron chi connectivity index (χ0n) is 14.3. The van der Waals surface area contributed by atoms with Gasteiger partial charge in [0.25, 0.3) is 0 Å². The lowest BCUT2D eigenvalue weighted by Gasteiger charge is -2.00. The second kappa shape index (κ2) is 9.32. The van der Waals surface area contributed by atoms with Gasteiger partial charge in [0, 0.05) is 35.3 Å². The van der Waals surface area contributed by atoms with Crippen LogP contribution in [-0.4, -0.2) is 17.7 Å². The van der Waals surface area contributed by atoms with Crippen LogP contribution in [0.5, 0.6) is 0 Å². The number of benzene rings is 1. The van der Waals surface area contributed by atoms with Crippen molar-refractivity contribution in [3.05, 3.63) is 58.9 Å². The Kier molecular flexibility index (Phi) is 7.42. The summed E-state index contributed by atoms with van der Waals surface area (Å²) >= 11 is 0. The largest absolute Gasteiger partial charge is 0.295 e. The van der Waals surface area contributed by atoms with Crippen LogP contribution in [0.25, 0.3) is 0 Å². The number of ketones is 1. The zero-order chi connectivity index (χ0) is 17.2. The van der Waals surface area contributed by atoms with E-state index in [1.807, 2.05) is 52.0 Å². The Morgan fingerprint density at radius 1 is 1.22 bits per heavy atom. The van der Waals surface area contributed by atoms with Crippen molar-refractivity contribution in [1.29, 1.82) is 0 Å². The predicted molar refractivity (Wildman–Crippen MR) is 98.2 cm³/mol. The summed E-state index contributed by atoms with van der Waals surface area (Å²) in [6.45, 7) is 9.22. The van der Waals surface area contributed by atoms with Gasteiger partial charge in [-0.2, -0.15) is 0 Å². The van der Waals surface area contributed by atoms with Gasteiger partial charge in [-0.25, -0.2) is 0 Å². The maximum absolute atomic E-state index is 11.4. The van der Waals surface area contributed by atoms with Crippen molar-refractivity contribution in [2.45, 2.75) is 34.6 Å². The third-order valence-electron chi connectivity index (χ3n) is 3.00. The molecule has 0 atom stereocenters. The second-order valence-corrected chi connectivity index (χ2v) is 5.18. The van der Waals surface area contributed by atoms with Crippen LogP contribution in [0.2, 0.25) is 0 Å². The van der Waals surface area contributed by atoms with Crippen molar-refractivity contribution in [3.8, 4) is 11.8 Å². The van der Waals surface area contributed by atoms with Crippen LogP contribution >= 0.6 is 0 Å². The Labute approximate surface area is 138 Å². The molecule has 0 heterocycles. The summed E-state index contributed by atoms with van der Waals surface area (Å²) in [6, 6.07) is 5.57. The molecule has 3 heteroatoms. The number of carbonyl (C=O) groups is 1. The average molecular weight is 306 g/mol. The molecule has 3 nitrogen and oxygen atoms in total. The first-order chi connectivity index (χ1) is 10.9. The van der Waals surface area contributed by atoms with E-state index in [0.717, 1.165) is 22.4 Å². The summed E-state index contributed by atoms with van der Waals surface area (Å²) in [5, 5.41) is 0. The molecule has 23 heavy (non-hydrogen) atoms. The van der Waals surface area contributed by atoms with Gasteiger partial charge in [0.1, 0.15) is 0 Å². The average Bonchev–Trinajstić information content (AvgIpc) is 2.52. The minimum atomic E-state index is 0.0426. The van der Waals surface area contributed by atoms with Crippen molar-refractivity contribution >= 4 is 17.7 Å². The van der Waals surface area contributed by atoms with Gasteiger partial charge in [-0.05, 0) is 46.2 Å². The zero-order valence-corrected chi connectivity index (χ0v) is 14.3. The van der Waals surface area contributed by atoms with Crippen molar-refractivity contribution in [1.82, 2.24) is 0 Å². The number of carbonyl (C=O) groups excluding carboxylic acids is 1. The molecule has 0 aliphatic rings. The van der Waals surface area contributed by atoms with Crippen LogP contribution in [0.1, 0.15) is 49.2 Å². The maximum Gasteiger partial charge on any atom is 0.159 e. The highest BCUT2D eigenvalue weighted by atomic mass is 16.1. The molecule has 0 amide bonds. The van der Waals surface area contributed by atoms with Crippen molar-refractivity contribution < 1.29 is 4.79 Å². The number of rotatable bonds is 4. The Balaban J connectivity index is 2.94. The third kappa shape index (κ3) is 6.71. The molecule has 1 rings (SSSR count). The molecular formula is C20H22N2O. The summed E-state index contributed by atoms with van der Waals surface area (Å²) in [5.74, 6) is 6.20. The number of allylic oxidation sites excluding steroid dienone is 2. The molecule has 0 bridgehead atoms. The van der Waals surface area contributed by atoms with Gasteiger partial charge in [-0.3, -0.25) is 14.8 Å². The molecule has 0 aliphatic heterocycles. The van der Waals surface area contributed by atoms with Crippen LogP contribution < -0.4 is 0 Å². The molecule has 0 radical (unpaired) electrons. The van der Waals surface area contributed by atoms with Crippen LogP contribution in [-0.2, 0) is 0 Å². The van der Waals surface area contributed by atoms with E-state index in [-0.39, 0.29) is 5.78 Å². The van der Waals surface area contributed by atoms with E-state index < -0.39 is 0 Å². The van der Waals surface area contributed by atoms with Gasteiger partial charge < -0.3 is 0 Å². The summed E-state index contributed by atoms with van der Waals surface area (Å²) in [4.78, 5) is 19.8. The SMILES string of the molecule is C/C=C\N=CC(C)=N/C=C(\C)C#Cc1cc(C(C)=O)ccc1C. The van der Waals surface area contributed by atoms with E-state index in [9.17, 15) is 4.79 Å². The van der Waals surface area contributed by atoms with Gasteiger partial charge in [-0.1, -0.05) is 30.0 Å². The predicted octanol–water partition coefficient (Wildman–Crippen LogP) is 4.52. The lowest BCUT2D eigenvalue weighted by Crippen LogP contribution is -1.94. The number of Topliss-reactive ketones (excluding diaryl/α,β-unsaturated/α-hetero) is 1. The van der Waals surface area contributed by atoms with Crippen molar-refractivity contribution in [2.75, 3.05) is 0 Å². The molecular weight excluding hydrogens is 284 g/mol. The molecule has 0 spiro atoms. The second-order valence-electron chi connectivity index (χ2n) is 5.18. The van der Waals surface area contributed by atoms with Gasteiger partial charge in [0.05, 0.1) is 5.71 Å². The normalized spacial score (nSPS) is 12.6. The molecule has 0 unspecified atom stereocenters. The molecule has 0 fully saturated rings. The van der Waals surface area contributed by atoms with E-state index in [1.54, 1.807) is 25.5 Å². The number of aliphatic imine (C=N–C) groups is 2. The van der Waals surface area contributed by atoms with Crippen LogP contribution in [0.3, 0.4) is 0 Å². The van der Waals surface area contributed by atoms with Gasteiger partial charge >= 0.3 is 0 Å². The van der Waals surface area contributed by atoms with Gasteiger partial charge in [-0.15, -0.1) is 0 Å². The number of hydrogen-bond acceptors (Lipinski definition) is 3. The topological polar surface area (TPSA) is 41.8 Å². The number of aryl methyl sites for hydroxylation is 1. The van der Waals surface area contributed by atoms with E-state index in [1.165, 1.54) is 0 Å². The third-order valence-corrected chi connectivity index (χ3v) is 3.00. The standard InChI is InChI=1S/C20H22N2O/c1-6-11-21-14-17(4)22-13-15(2)7-9-19-12-20(18(5)23)10-8-16(19)3/h6,8,10-14H,1-5H3/b11-6-,15-13+,21-14?,22-17?. The Morgan fingerprint density at radius 3 is 2.61 bits per heavy atom. The molecule has 118 valence electrons. The van der Waals surface area contributed by atoms with E-state index in [2.05, 4.69) is 21.8 Å². The first kappa shape index (κ1) is 18.3. The highest BCUT2D eigenvalue weighted by molar-refractivity contribution is 6.29. The summed E-state index contributed by atoms with van der Waals surface area (Å²) in [5.41, 5.74) is 4.24. The van der Waals surface area contributed by atoms with Crippen molar-refractivity contribution in [2.24, 2.45) is 9.98 Å². The van der Waals surface area contributed by atoms with E-state index in [4.69, 9.17) is 0 Å². The molecule has 0 saturated heterocycles. The highest BCUT2D eigenvalue weighted by Gasteiger charge is 2.01. The summed E-state index contributed by atoms with van der Waals surface area (Å²) in [7, 11) is 0. The fraction of sp³-hybridized carbons (Fsp3) is 0.250. The van der Waals surface area contributed by atoms with Crippen LogP contribution in [0, 0.1) is 18.8 Å². The van der Waals surface area contributed by atoms with Gasteiger partial charge in [0.15, 0.2) is 5.78 Å². The van der Waals surface area contributed by atoms with E-state index in [0.29, 0.717) is 5.56 Å². The maximum atomic E-state index is 11.4. The molecule has 1 aromatic carbocycles. The summed E-state index contributed by atoms with van der Waals surface area (Å²) < 4.78 is 0. The minimum absolute atomic E-state index is 0.0426. The highest BCUT2D eigenvalue weighted by Crippen LogP contribution is 2.11. The molecule has 0 N–H and O–H groups in total. The molecule has 0 aliphatic carbocycles. The number of hydrogen-bond donors (Lipinski definition) is 0. The van der Waals surface area contributed by atoms with Crippen LogP contribution in [0.15, 0.2) is 52.2 Å². The molecule has 0 saturated carbocycles. The Morgan fingerprint density at radius 2 is 1.96 bits per heavy atom.